The number of nitrogens with zero attached hydrogens (tertiary/aromatic N) is 2. The van der Waals surface area contributed by atoms with Gasteiger partial charge in [0.2, 0.25) is 21.8 Å². The number of sulfonamides is 1. The summed E-state index contributed by atoms with van der Waals surface area (Å²) in [5.74, 6) is 0.617. The standard InChI is InChI=1S/C12H14ClN3O3S/c1-2-7-20(17,18)14-8-11-15-16-12(19-11)9-3-5-10(13)6-4-9/h3-6,14H,2,7-8H2,1H3. The average molecular weight is 316 g/mol. The van der Waals surface area contributed by atoms with Crippen molar-refractivity contribution >= 4 is 21.6 Å². The number of halogens is 1. The van der Waals surface area contributed by atoms with Crippen LogP contribution >= 0.6 is 11.6 Å². The van der Waals surface area contributed by atoms with Gasteiger partial charge in [-0.15, -0.1) is 10.2 Å². The minimum atomic E-state index is -3.29. The normalized spacial score (nSPS) is 11.7. The van der Waals surface area contributed by atoms with Gasteiger partial charge in [-0.1, -0.05) is 18.5 Å². The number of aromatic nitrogens is 2. The minimum absolute atomic E-state index is 0.0110. The first kappa shape index (κ1) is 15.0. The highest BCUT2D eigenvalue weighted by Gasteiger charge is 2.12. The first-order chi connectivity index (χ1) is 9.50. The van der Waals surface area contributed by atoms with Crippen LogP contribution in [-0.2, 0) is 16.6 Å². The third-order valence-corrected chi connectivity index (χ3v) is 4.26. The number of nitrogens with one attached hydrogen (secondary N) is 1. The highest BCUT2D eigenvalue weighted by Crippen LogP contribution is 2.20. The molecule has 2 rings (SSSR count). The lowest BCUT2D eigenvalue weighted by Gasteiger charge is -2.01. The van der Waals surface area contributed by atoms with Crippen LogP contribution in [0.15, 0.2) is 28.7 Å². The van der Waals surface area contributed by atoms with E-state index in [1.807, 2.05) is 0 Å². The molecule has 0 unspecified atom stereocenters. The van der Waals surface area contributed by atoms with Gasteiger partial charge in [-0.25, -0.2) is 13.1 Å². The van der Waals surface area contributed by atoms with E-state index in [9.17, 15) is 8.42 Å². The topological polar surface area (TPSA) is 85.1 Å². The summed E-state index contributed by atoms with van der Waals surface area (Å²) < 4.78 is 30.8. The van der Waals surface area contributed by atoms with E-state index >= 15 is 0 Å². The van der Waals surface area contributed by atoms with E-state index < -0.39 is 10.0 Å². The third kappa shape index (κ3) is 4.03. The zero-order valence-electron chi connectivity index (χ0n) is 10.8. The van der Waals surface area contributed by atoms with E-state index in [1.165, 1.54) is 0 Å². The van der Waals surface area contributed by atoms with Crippen molar-refractivity contribution < 1.29 is 12.8 Å². The summed E-state index contributed by atoms with van der Waals surface area (Å²) in [6.07, 6.45) is 0.551. The van der Waals surface area contributed by atoms with Gasteiger partial charge in [0.05, 0.1) is 12.3 Å². The Morgan fingerprint density at radius 3 is 2.60 bits per heavy atom. The number of rotatable bonds is 6. The Kier molecular flexibility index (Phi) is 4.74. The summed E-state index contributed by atoms with van der Waals surface area (Å²) in [6, 6.07) is 6.93. The fraction of sp³-hybridized carbons (Fsp3) is 0.333. The summed E-state index contributed by atoms with van der Waals surface area (Å²) in [7, 11) is -3.29. The maximum absolute atomic E-state index is 11.5. The molecule has 0 aliphatic carbocycles. The molecule has 1 heterocycles. The van der Waals surface area contributed by atoms with Crippen molar-refractivity contribution in [2.45, 2.75) is 19.9 Å². The molecule has 0 spiro atoms. The second kappa shape index (κ2) is 6.34. The van der Waals surface area contributed by atoms with Crippen LogP contribution in [0, 0.1) is 0 Å². The molecular formula is C12H14ClN3O3S. The molecule has 8 heteroatoms. The van der Waals surface area contributed by atoms with Gasteiger partial charge < -0.3 is 4.42 Å². The van der Waals surface area contributed by atoms with Crippen LogP contribution in [0.3, 0.4) is 0 Å². The number of hydrogen-bond acceptors (Lipinski definition) is 5. The smallest absolute Gasteiger partial charge is 0.247 e. The second-order valence-corrected chi connectivity index (χ2v) is 6.51. The van der Waals surface area contributed by atoms with Crippen LogP contribution in [0.2, 0.25) is 5.02 Å². The molecule has 2 aromatic rings. The second-order valence-electron chi connectivity index (χ2n) is 4.15. The van der Waals surface area contributed by atoms with Crippen molar-refractivity contribution in [2.24, 2.45) is 0 Å². The molecule has 108 valence electrons. The molecule has 0 fully saturated rings. The molecule has 6 nitrogen and oxygen atoms in total. The Bertz CT molecular complexity index is 668. The first-order valence-corrected chi connectivity index (χ1v) is 8.09. The number of benzene rings is 1. The van der Waals surface area contributed by atoms with Crippen LogP contribution in [-0.4, -0.2) is 24.4 Å². The predicted octanol–water partition coefficient (Wildman–Crippen LogP) is 2.22. The van der Waals surface area contributed by atoms with E-state index in [2.05, 4.69) is 14.9 Å². The Morgan fingerprint density at radius 2 is 1.95 bits per heavy atom. The van der Waals surface area contributed by atoms with Crippen molar-refractivity contribution in [2.75, 3.05) is 5.75 Å². The van der Waals surface area contributed by atoms with Crippen molar-refractivity contribution in [1.29, 1.82) is 0 Å². The lowest BCUT2D eigenvalue weighted by atomic mass is 10.2. The van der Waals surface area contributed by atoms with Crippen LogP contribution in [0.5, 0.6) is 0 Å². The Labute approximate surface area is 122 Å². The van der Waals surface area contributed by atoms with Crippen LogP contribution < -0.4 is 4.72 Å². The molecule has 0 aliphatic rings. The van der Waals surface area contributed by atoms with Gasteiger partial charge in [-0.3, -0.25) is 0 Å². The third-order valence-electron chi connectivity index (χ3n) is 2.47. The Balaban J connectivity index is 2.04. The molecule has 1 aromatic heterocycles. The van der Waals surface area contributed by atoms with Crippen LogP contribution in [0.4, 0.5) is 0 Å². The fourth-order valence-corrected chi connectivity index (χ4v) is 2.70. The molecule has 20 heavy (non-hydrogen) atoms. The van der Waals surface area contributed by atoms with Gasteiger partial charge >= 0.3 is 0 Å². The molecule has 0 radical (unpaired) electrons. The zero-order chi connectivity index (χ0) is 14.6. The van der Waals surface area contributed by atoms with Crippen LogP contribution in [0.25, 0.3) is 11.5 Å². The summed E-state index contributed by atoms with van der Waals surface area (Å²) in [5, 5.41) is 8.28. The molecule has 0 atom stereocenters. The van der Waals surface area contributed by atoms with Crippen molar-refractivity contribution in [3.63, 3.8) is 0 Å². The van der Waals surface area contributed by atoms with Crippen LogP contribution in [0.1, 0.15) is 19.2 Å². The van der Waals surface area contributed by atoms with Gasteiger partial charge in [0.25, 0.3) is 0 Å². The predicted molar refractivity (Wildman–Crippen MR) is 75.7 cm³/mol. The zero-order valence-corrected chi connectivity index (χ0v) is 12.4. The van der Waals surface area contributed by atoms with E-state index in [-0.39, 0.29) is 18.2 Å². The highest BCUT2D eigenvalue weighted by atomic mass is 35.5. The quantitative estimate of drug-likeness (QED) is 0.883. The van der Waals surface area contributed by atoms with E-state index in [1.54, 1.807) is 31.2 Å². The van der Waals surface area contributed by atoms with Gasteiger partial charge in [0.1, 0.15) is 0 Å². The highest BCUT2D eigenvalue weighted by molar-refractivity contribution is 7.89. The molecule has 0 saturated carbocycles. The summed E-state index contributed by atoms with van der Waals surface area (Å²) in [6.45, 7) is 1.79. The Hall–Kier alpha value is -1.44. The Morgan fingerprint density at radius 1 is 1.25 bits per heavy atom. The van der Waals surface area contributed by atoms with Crippen molar-refractivity contribution in [3.05, 3.63) is 35.2 Å². The molecule has 1 N–H and O–H groups in total. The maximum atomic E-state index is 11.5. The lowest BCUT2D eigenvalue weighted by Crippen LogP contribution is -2.25. The molecule has 1 aromatic carbocycles. The van der Waals surface area contributed by atoms with Gasteiger partial charge in [0, 0.05) is 10.6 Å². The first-order valence-electron chi connectivity index (χ1n) is 6.06. The van der Waals surface area contributed by atoms with Gasteiger partial charge in [0.15, 0.2) is 0 Å². The molecular weight excluding hydrogens is 302 g/mol. The summed E-state index contributed by atoms with van der Waals surface area (Å²) in [5.41, 5.74) is 0.726. The van der Waals surface area contributed by atoms with E-state index in [0.29, 0.717) is 17.3 Å². The largest absolute Gasteiger partial charge is 0.419 e. The average Bonchev–Trinajstić information content (AvgIpc) is 2.86. The van der Waals surface area contributed by atoms with E-state index in [4.69, 9.17) is 16.0 Å². The lowest BCUT2D eigenvalue weighted by molar-refractivity contribution is 0.494. The summed E-state index contributed by atoms with van der Waals surface area (Å²) >= 11 is 5.79. The molecule has 0 amide bonds. The molecule has 0 aliphatic heterocycles. The SMILES string of the molecule is CCCS(=O)(=O)NCc1nnc(-c2ccc(Cl)cc2)o1. The maximum Gasteiger partial charge on any atom is 0.247 e. The van der Waals surface area contributed by atoms with Crippen molar-refractivity contribution in [1.82, 2.24) is 14.9 Å². The fourth-order valence-electron chi connectivity index (χ4n) is 1.55. The number of hydrogen-bond donors (Lipinski definition) is 1. The van der Waals surface area contributed by atoms with Gasteiger partial charge in [-0.05, 0) is 30.7 Å². The van der Waals surface area contributed by atoms with E-state index in [0.717, 1.165) is 5.56 Å². The molecule has 0 bridgehead atoms. The summed E-state index contributed by atoms with van der Waals surface area (Å²) in [4.78, 5) is 0. The van der Waals surface area contributed by atoms with Crippen molar-refractivity contribution in [3.8, 4) is 11.5 Å². The molecule has 0 saturated heterocycles. The minimum Gasteiger partial charge on any atom is -0.419 e. The monoisotopic (exact) mass is 315 g/mol. The van der Waals surface area contributed by atoms with Gasteiger partial charge in [-0.2, -0.15) is 0 Å².